The van der Waals surface area contributed by atoms with E-state index in [9.17, 15) is 4.79 Å². The Bertz CT molecular complexity index is 629. The Morgan fingerprint density at radius 3 is 2.22 bits per heavy atom. The molecule has 1 fully saturated rings. The first kappa shape index (κ1) is 15.5. The molecular formula is C16H18O7. The number of carbonyl (C=O) groups excluding carboxylic acids is 1. The van der Waals surface area contributed by atoms with E-state index in [2.05, 4.69) is 0 Å². The van der Waals surface area contributed by atoms with Crippen LogP contribution in [0.15, 0.2) is 24.5 Å². The molecule has 3 atom stereocenters. The van der Waals surface area contributed by atoms with E-state index in [0.29, 0.717) is 22.8 Å². The van der Waals surface area contributed by atoms with Gasteiger partial charge in [-0.3, -0.25) is 0 Å². The number of carbonyl (C=O) groups is 1. The van der Waals surface area contributed by atoms with Crippen molar-refractivity contribution in [2.45, 2.75) is 11.9 Å². The minimum Gasteiger partial charge on any atom is -0.496 e. The summed E-state index contributed by atoms with van der Waals surface area (Å²) in [6.07, 6.45) is 2.77. The van der Waals surface area contributed by atoms with Crippen LogP contribution in [-0.2, 0) is 24.6 Å². The molecule has 1 aromatic rings. The van der Waals surface area contributed by atoms with Crippen LogP contribution < -0.4 is 14.2 Å². The van der Waals surface area contributed by atoms with Gasteiger partial charge in [-0.25, -0.2) is 4.79 Å². The average Bonchev–Trinajstić information content (AvgIpc) is 2.96. The van der Waals surface area contributed by atoms with Crippen LogP contribution in [-0.4, -0.2) is 40.7 Å². The largest absolute Gasteiger partial charge is 0.496 e. The monoisotopic (exact) mass is 322 g/mol. The number of rotatable bonds is 5. The molecule has 3 rings (SSSR count). The second-order valence-electron chi connectivity index (χ2n) is 5.11. The minimum absolute atomic E-state index is 0.328. The summed E-state index contributed by atoms with van der Waals surface area (Å²) >= 11 is 0. The first-order chi connectivity index (χ1) is 11.1. The van der Waals surface area contributed by atoms with E-state index in [4.69, 9.17) is 28.4 Å². The van der Waals surface area contributed by atoms with Crippen molar-refractivity contribution in [3.8, 4) is 17.2 Å². The zero-order valence-corrected chi connectivity index (χ0v) is 13.3. The second kappa shape index (κ2) is 5.66. The van der Waals surface area contributed by atoms with Crippen molar-refractivity contribution in [3.63, 3.8) is 0 Å². The Morgan fingerprint density at radius 2 is 1.74 bits per heavy atom. The van der Waals surface area contributed by atoms with E-state index in [1.165, 1.54) is 34.7 Å². The zero-order chi connectivity index (χ0) is 16.6. The minimum atomic E-state index is -1.38. The first-order valence-corrected chi connectivity index (χ1v) is 7.01. The maximum absolute atomic E-state index is 12.6. The quantitative estimate of drug-likeness (QED) is 0.762. The molecule has 2 heterocycles. The molecule has 0 bridgehead atoms. The van der Waals surface area contributed by atoms with E-state index in [0.717, 1.165) is 0 Å². The molecule has 2 aliphatic heterocycles. The predicted octanol–water partition coefficient (Wildman–Crippen LogP) is 1.60. The fourth-order valence-corrected chi connectivity index (χ4v) is 3.04. The predicted molar refractivity (Wildman–Crippen MR) is 78.4 cm³/mol. The van der Waals surface area contributed by atoms with Gasteiger partial charge < -0.3 is 28.4 Å². The molecule has 0 radical (unpaired) electrons. The highest BCUT2D eigenvalue weighted by atomic mass is 16.7. The van der Waals surface area contributed by atoms with Gasteiger partial charge in [-0.15, -0.1) is 0 Å². The highest BCUT2D eigenvalue weighted by molar-refractivity contribution is 5.86. The molecule has 0 amide bonds. The highest BCUT2D eigenvalue weighted by Crippen LogP contribution is 2.57. The van der Waals surface area contributed by atoms with Crippen molar-refractivity contribution in [3.05, 3.63) is 30.0 Å². The van der Waals surface area contributed by atoms with Crippen LogP contribution in [0.2, 0.25) is 0 Å². The molecule has 124 valence electrons. The second-order valence-corrected chi connectivity index (χ2v) is 5.11. The average molecular weight is 322 g/mol. The van der Waals surface area contributed by atoms with E-state index in [1.807, 2.05) is 0 Å². The van der Waals surface area contributed by atoms with Crippen LogP contribution in [0.25, 0.3) is 0 Å². The fraction of sp³-hybridized carbons (Fsp3) is 0.438. The summed E-state index contributed by atoms with van der Waals surface area (Å²) in [4.78, 5) is 12.6. The lowest BCUT2D eigenvalue weighted by Gasteiger charge is -2.48. The smallest absolute Gasteiger partial charge is 0.344 e. The van der Waals surface area contributed by atoms with E-state index >= 15 is 0 Å². The van der Waals surface area contributed by atoms with Crippen LogP contribution in [0, 0.1) is 5.92 Å². The van der Waals surface area contributed by atoms with Gasteiger partial charge in [0.05, 0.1) is 46.2 Å². The van der Waals surface area contributed by atoms with Gasteiger partial charge in [0.25, 0.3) is 0 Å². The molecule has 0 aromatic heterocycles. The van der Waals surface area contributed by atoms with Crippen LogP contribution >= 0.6 is 0 Å². The molecule has 7 nitrogen and oxygen atoms in total. The van der Waals surface area contributed by atoms with Gasteiger partial charge in [0, 0.05) is 12.1 Å². The molecule has 0 aliphatic carbocycles. The van der Waals surface area contributed by atoms with Gasteiger partial charge in [-0.05, 0) is 6.08 Å². The number of fused-ring (bicyclic) bond motifs is 1. The molecule has 1 aromatic carbocycles. The third-order valence-electron chi connectivity index (χ3n) is 4.14. The van der Waals surface area contributed by atoms with Crippen molar-refractivity contribution in [2.24, 2.45) is 5.92 Å². The SMILES string of the molecule is COC(=O)[C@]1(c2c(OC)cc(OC)cc2OC)O[C@H]2OC=C[C@H]21. The van der Waals surface area contributed by atoms with Crippen molar-refractivity contribution in [1.82, 2.24) is 0 Å². The molecule has 2 aliphatic rings. The van der Waals surface area contributed by atoms with Crippen molar-refractivity contribution in [2.75, 3.05) is 28.4 Å². The summed E-state index contributed by atoms with van der Waals surface area (Å²) in [5.41, 5.74) is -0.929. The Hall–Kier alpha value is -2.41. The fourth-order valence-electron chi connectivity index (χ4n) is 3.04. The van der Waals surface area contributed by atoms with Gasteiger partial charge in [-0.2, -0.15) is 0 Å². The summed E-state index contributed by atoms with van der Waals surface area (Å²) in [7, 11) is 5.84. The lowest BCUT2D eigenvalue weighted by Crippen LogP contribution is -2.61. The Labute approximate surface area is 133 Å². The third kappa shape index (κ3) is 2.03. The van der Waals surface area contributed by atoms with Crippen molar-refractivity contribution in [1.29, 1.82) is 0 Å². The van der Waals surface area contributed by atoms with E-state index < -0.39 is 17.9 Å². The summed E-state index contributed by atoms with van der Waals surface area (Å²) in [6.45, 7) is 0. The molecule has 0 spiro atoms. The third-order valence-corrected chi connectivity index (χ3v) is 4.14. The number of benzene rings is 1. The van der Waals surface area contributed by atoms with Crippen LogP contribution in [0.5, 0.6) is 17.2 Å². The maximum Gasteiger partial charge on any atom is 0.344 e. The van der Waals surface area contributed by atoms with E-state index in [-0.39, 0.29) is 5.92 Å². The maximum atomic E-state index is 12.6. The molecule has 0 N–H and O–H groups in total. The topological polar surface area (TPSA) is 72.5 Å². The first-order valence-electron chi connectivity index (χ1n) is 7.01. The van der Waals surface area contributed by atoms with E-state index in [1.54, 1.807) is 18.2 Å². The molecule has 1 saturated heterocycles. The van der Waals surface area contributed by atoms with Crippen LogP contribution in [0.1, 0.15) is 5.56 Å². The Kier molecular flexibility index (Phi) is 3.81. The number of esters is 1. The number of hydrogen-bond acceptors (Lipinski definition) is 7. The summed E-state index contributed by atoms with van der Waals surface area (Å²) in [5, 5.41) is 0. The summed E-state index contributed by atoms with van der Waals surface area (Å²) in [5.74, 6) is 0.481. The number of hydrogen-bond donors (Lipinski definition) is 0. The molecule has 0 saturated carbocycles. The number of ether oxygens (including phenoxy) is 6. The summed E-state index contributed by atoms with van der Waals surface area (Å²) in [6, 6.07) is 3.33. The molecule has 7 heteroatoms. The van der Waals surface area contributed by atoms with Crippen LogP contribution in [0.3, 0.4) is 0 Å². The van der Waals surface area contributed by atoms with Gasteiger partial charge in [0.2, 0.25) is 11.9 Å². The van der Waals surface area contributed by atoms with Crippen molar-refractivity contribution < 1.29 is 33.2 Å². The zero-order valence-electron chi connectivity index (χ0n) is 13.3. The van der Waals surface area contributed by atoms with Crippen molar-refractivity contribution >= 4 is 5.97 Å². The van der Waals surface area contributed by atoms with Crippen LogP contribution in [0.4, 0.5) is 0 Å². The Balaban J connectivity index is 2.21. The molecular weight excluding hydrogens is 304 g/mol. The van der Waals surface area contributed by atoms with Gasteiger partial charge in [0.1, 0.15) is 17.2 Å². The lowest BCUT2D eigenvalue weighted by atomic mass is 9.75. The molecule has 23 heavy (non-hydrogen) atoms. The summed E-state index contributed by atoms with van der Waals surface area (Å²) < 4.78 is 32.2. The number of methoxy groups -OCH3 is 4. The standard InChI is InChI=1S/C16H18O7/c1-18-9-7-11(19-2)13(12(8-9)20-3)16(15(17)21-4)10-5-6-22-14(10)23-16/h5-8,10,14H,1-4H3/t10-,14-,16+/m1/s1. The highest BCUT2D eigenvalue weighted by Gasteiger charge is 2.66. The molecule has 0 unspecified atom stereocenters. The van der Waals surface area contributed by atoms with Gasteiger partial charge in [0.15, 0.2) is 0 Å². The van der Waals surface area contributed by atoms with Gasteiger partial charge in [-0.1, -0.05) is 0 Å². The lowest BCUT2D eigenvalue weighted by molar-refractivity contribution is -0.314. The Morgan fingerprint density at radius 1 is 1.09 bits per heavy atom. The normalized spacial score (nSPS) is 27.5. The van der Waals surface area contributed by atoms with Gasteiger partial charge >= 0.3 is 5.97 Å².